The lowest BCUT2D eigenvalue weighted by Crippen LogP contribution is -2.48. The third kappa shape index (κ3) is 3.45. The molecule has 1 aromatic heterocycles. The third-order valence-electron chi connectivity index (χ3n) is 5.30. The van der Waals surface area contributed by atoms with Crippen LogP contribution in [0.3, 0.4) is 0 Å². The Morgan fingerprint density at radius 1 is 1.38 bits per heavy atom. The van der Waals surface area contributed by atoms with E-state index in [2.05, 4.69) is 43.2 Å². The molecule has 0 aliphatic heterocycles. The van der Waals surface area contributed by atoms with Crippen LogP contribution in [0.4, 0.5) is 0 Å². The number of benzene rings is 1. The third-order valence-corrected chi connectivity index (χ3v) is 5.30. The minimum absolute atomic E-state index is 0.145. The van der Waals surface area contributed by atoms with E-state index in [4.69, 9.17) is 4.74 Å². The highest BCUT2D eigenvalue weighted by Crippen LogP contribution is 2.32. The van der Waals surface area contributed by atoms with E-state index < -0.39 is 0 Å². The molecule has 0 unspecified atom stereocenters. The maximum Gasteiger partial charge on any atom is 0.119 e. The van der Waals surface area contributed by atoms with Crippen molar-refractivity contribution in [3.63, 3.8) is 0 Å². The van der Waals surface area contributed by atoms with Gasteiger partial charge >= 0.3 is 0 Å². The van der Waals surface area contributed by atoms with Crippen LogP contribution in [0.1, 0.15) is 44.9 Å². The van der Waals surface area contributed by atoms with Crippen molar-refractivity contribution >= 4 is 10.9 Å². The van der Waals surface area contributed by atoms with Gasteiger partial charge in [-0.25, -0.2) is 0 Å². The molecule has 0 saturated carbocycles. The van der Waals surface area contributed by atoms with E-state index in [0.29, 0.717) is 12.1 Å². The number of hydrogen-bond acceptors (Lipinski definition) is 3. The van der Waals surface area contributed by atoms with Crippen molar-refractivity contribution in [2.75, 3.05) is 13.7 Å². The fourth-order valence-electron chi connectivity index (χ4n) is 3.85. The molecule has 1 aliphatic rings. The average molecular weight is 330 g/mol. The summed E-state index contributed by atoms with van der Waals surface area (Å²) in [5.41, 5.74) is 4.13. The molecular formula is C20H30N2O2. The summed E-state index contributed by atoms with van der Waals surface area (Å²) in [5.74, 6) is 0.909. The highest BCUT2D eigenvalue weighted by molar-refractivity contribution is 5.86. The summed E-state index contributed by atoms with van der Waals surface area (Å²) in [5, 5.41) is 14.5. The number of methoxy groups -OCH3 is 1. The highest BCUT2D eigenvalue weighted by Gasteiger charge is 2.29. The van der Waals surface area contributed by atoms with Crippen molar-refractivity contribution in [3.05, 3.63) is 29.5 Å². The molecule has 2 atom stereocenters. The number of rotatable bonds is 5. The molecule has 1 aromatic carbocycles. The van der Waals surface area contributed by atoms with E-state index in [0.717, 1.165) is 31.4 Å². The predicted octanol–water partition coefficient (Wildman–Crippen LogP) is 3.42. The number of aromatic nitrogens is 1. The number of fused-ring (bicyclic) bond motifs is 3. The van der Waals surface area contributed by atoms with Gasteiger partial charge in [0.05, 0.1) is 7.11 Å². The molecule has 0 saturated heterocycles. The molecular weight excluding hydrogens is 300 g/mol. The normalized spacial score (nSPS) is 19.3. The zero-order valence-electron chi connectivity index (χ0n) is 15.3. The largest absolute Gasteiger partial charge is 0.497 e. The lowest BCUT2D eigenvalue weighted by atomic mass is 9.83. The van der Waals surface area contributed by atoms with Gasteiger partial charge in [-0.1, -0.05) is 20.8 Å². The summed E-state index contributed by atoms with van der Waals surface area (Å²) < 4.78 is 5.39. The number of aromatic amines is 1. The molecule has 2 aromatic rings. The lowest BCUT2D eigenvalue weighted by Gasteiger charge is -2.36. The SMILES string of the molecule is COc1ccc2[nH]c3c(c2c1)C[C@@H](N[C@@H](CCO)C(C)(C)C)CC3. The first-order valence-corrected chi connectivity index (χ1v) is 8.96. The second kappa shape index (κ2) is 6.77. The molecule has 3 N–H and O–H groups in total. The second-order valence-corrected chi connectivity index (χ2v) is 8.03. The van der Waals surface area contributed by atoms with Crippen LogP contribution in [0, 0.1) is 5.41 Å². The van der Waals surface area contributed by atoms with Gasteiger partial charge in [0.2, 0.25) is 0 Å². The number of aliphatic hydroxyl groups excluding tert-OH is 1. The monoisotopic (exact) mass is 330 g/mol. The summed E-state index contributed by atoms with van der Waals surface area (Å²) in [6, 6.07) is 7.05. The Balaban J connectivity index is 1.82. The summed E-state index contributed by atoms with van der Waals surface area (Å²) in [6.45, 7) is 6.96. The van der Waals surface area contributed by atoms with Gasteiger partial charge in [0.25, 0.3) is 0 Å². The minimum Gasteiger partial charge on any atom is -0.497 e. The molecule has 0 amide bonds. The van der Waals surface area contributed by atoms with Crippen LogP contribution >= 0.6 is 0 Å². The lowest BCUT2D eigenvalue weighted by molar-refractivity contribution is 0.181. The Bertz CT molecular complexity index is 699. The number of ether oxygens (including phenoxy) is 1. The zero-order valence-corrected chi connectivity index (χ0v) is 15.3. The smallest absolute Gasteiger partial charge is 0.119 e. The maximum atomic E-state index is 9.39. The van der Waals surface area contributed by atoms with Gasteiger partial charge in [0.15, 0.2) is 0 Å². The molecule has 0 radical (unpaired) electrons. The van der Waals surface area contributed by atoms with Crippen molar-refractivity contribution in [1.82, 2.24) is 10.3 Å². The van der Waals surface area contributed by atoms with E-state index in [1.807, 2.05) is 6.07 Å². The summed E-state index contributed by atoms with van der Waals surface area (Å²) >= 11 is 0. The topological polar surface area (TPSA) is 57.3 Å². The van der Waals surface area contributed by atoms with E-state index in [1.54, 1.807) is 7.11 Å². The Kier molecular flexibility index (Phi) is 4.88. The first-order chi connectivity index (χ1) is 11.4. The van der Waals surface area contributed by atoms with Crippen LogP contribution < -0.4 is 10.1 Å². The van der Waals surface area contributed by atoms with Crippen molar-refractivity contribution in [3.8, 4) is 5.75 Å². The van der Waals surface area contributed by atoms with Crippen molar-refractivity contribution < 1.29 is 9.84 Å². The molecule has 24 heavy (non-hydrogen) atoms. The van der Waals surface area contributed by atoms with E-state index >= 15 is 0 Å². The number of aryl methyl sites for hydroxylation is 1. The number of H-pyrrole nitrogens is 1. The number of hydrogen-bond donors (Lipinski definition) is 3. The first-order valence-electron chi connectivity index (χ1n) is 8.96. The molecule has 1 aliphatic carbocycles. The summed E-state index contributed by atoms with van der Waals surface area (Å²) in [6.07, 6.45) is 4.03. The van der Waals surface area contributed by atoms with E-state index in [1.165, 1.54) is 22.2 Å². The van der Waals surface area contributed by atoms with Crippen LogP contribution in [-0.4, -0.2) is 35.9 Å². The fourth-order valence-corrected chi connectivity index (χ4v) is 3.85. The van der Waals surface area contributed by atoms with Crippen molar-refractivity contribution in [2.45, 2.75) is 58.5 Å². The van der Waals surface area contributed by atoms with Crippen LogP contribution in [0.15, 0.2) is 18.2 Å². The molecule has 0 bridgehead atoms. The molecule has 4 nitrogen and oxygen atoms in total. The average Bonchev–Trinajstić information content (AvgIpc) is 2.90. The van der Waals surface area contributed by atoms with Crippen LogP contribution in [0.25, 0.3) is 10.9 Å². The van der Waals surface area contributed by atoms with Gasteiger partial charge in [-0.2, -0.15) is 0 Å². The Hall–Kier alpha value is -1.52. The van der Waals surface area contributed by atoms with Crippen LogP contribution in [-0.2, 0) is 12.8 Å². The van der Waals surface area contributed by atoms with Gasteiger partial charge in [-0.3, -0.25) is 0 Å². The first kappa shape index (κ1) is 17.3. The zero-order chi connectivity index (χ0) is 17.3. The van der Waals surface area contributed by atoms with Gasteiger partial charge < -0.3 is 20.1 Å². The van der Waals surface area contributed by atoms with E-state index in [9.17, 15) is 5.11 Å². The molecule has 3 rings (SSSR count). The molecule has 1 heterocycles. The van der Waals surface area contributed by atoms with Crippen molar-refractivity contribution in [2.24, 2.45) is 5.41 Å². The minimum atomic E-state index is 0.145. The standard InChI is InChI=1S/C20H30N2O2/c1-20(2,3)19(9-10-23)21-13-5-7-17-15(11-13)16-12-14(24-4)6-8-18(16)22-17/h6,8,12-13,19,21-23H,5,7,9-11H2,1-4H3/t13-,19-/m0/s1. The number of nitrogens with one attached hydrogen (secondary N) is 2. The van der Waals surface area contributed by atoms with Crippen LogP contribution in [0.5, 0.6) is 5.75 Å². The number of aliphatic hydroxyl groups is 1. The molecule has 0 fully saturated rings. The van der Waals surface area contributed by atoms with E-state index in [-0.39, 0.29) is 12.0 Å². The Morgan fingerprint density at radius 2 is 2.17 bits per heavy atom. The fraction of sp³-hybridized carbons (Fsp3) is 0.600. The Labute approximate surface area is 144 Å². The van der Waals surface area contributed by atoms with Gasteiger partial charge in [-0.15, -0.1) is 0 Å². The predicted molar refractivity (Wildman–Crippen MR) is 98.7 cm³/mol. The molecule has 132 valence electrons. The van der Waals surface area contributed by atoms with Gasteiger partial charge in [0, 0.05) is 35.3 Å². The summed E-state index contributed by atoms with van der Waals surface area (Å²) in [4.78, 5) is 3.57. The van der Waals surface area contributed by atoms with Crippen LogP contribution in [0.2, 0.25) is 0 Å². The van der Waals surface area contributed by atoms with Crippen molar-refractivity contribution in [1.29, 1.82) is 0 Å². The quantitative estimate of drug-likeness (QED) is 0.787. The Morgan fingerprint density at radius 3 is 2.83 bits per heavy atom. The van der Waals surface area contributed by atoms with Gasteiger partial charge in [-0.05, 0) is 54.9 Å². The maximum absolute atomic E-state index is 9.39. The van der Waals surface area contributed by atoms with Gasteiger partial charge in [0.1, 0.15) is 5.75 Å². The highest BCUT2D eigenvalue weighted by atomic mass is 16.5. The second-order valence-electron chi connectivity index (χ2n) is 8.03. The summed E-state index contributed by atoms with van der Waals surface area (Å²) in [7, 11) is 1.72. The molecule has 0 spiro atoms. The molecule has 4 heteroatoms.